The van der Waals surface area contributed by atoms with E-state index in [1.165, 1.54) is 12.1 Å². The summed E-state index contributed by atoms with van der Waals surface area (Å²) >= 11 is 0. The van der Waals surface area contributed by atoms with E-state index in [4.69, 9.17) is 0 Å². The molecule has 0 aromatic heterocycles. The van der Waals surface area contributed by atoms with Crippen molar-refractivity contribution in [2.45, 2.75) is 60.3 Å². The van der Waals surface area contributed by atoms with Crippen molar-refractivity contribution in [1.29, 1.82) is 0 Å². The number of hydrogen-bond donors (Lipinski definition) is 0. The van der Waals surface area contributed by atoms with Crippen LogP contribution in [0.25, 0.3) is 0 Å². The molecular weight excluding hydrogens is 194 g/mol. The molecule has 0 fully saturated rings. The van der Waals surface area contributed by atoms with Crippen LogP contribution in [0, 0.1) is 5.41 Å². The molecule has 0 amide bonds. The highest BCUT2D eigenvalue weighted by atomic mass is 14.7. The summed E-state index contributed by atoms with van der Waals surface area (Å²) < 4.78 is 0. The van der Waals surface area contributed by atoms with Crippen LogP contribution in [0.1, 0.15) is 60.3 Å². The molecule has 0 aromatic carbocycles. The average Bonchev–Trinajstić information content (AvgIpc) is 2.25. The fourth-order valence-electron chi connectivity index (χ4n) is 1.42. The molecule has 0 aromatic rings. The van der Waals surface area contributed by atoms with Crippen molar-refractivity contribution in [3.05, 3.63) is 24.4 Å². The minimum atomic E-state index is 0.351. The zero-order chi connectivity index (χ0) is 12.6. The number of nitrogens with zero attached hydrogens (tertiary/aromatic N) is 1. The SMILES string of the molecule is C=C(/C=C\CC)N=C(CC)CC(C)(C)CC. The van der Waals surface area contributed by atoms with Gasteiger partial charge in [-0.2, -0.15) is 0 Å². The van der Waals surface area contributed by atoms with E-state index in [-0.39, 0.29) is 0 Å². The Hall–Kier alpha value is -0.850. The molecule has 0 unspecified atom stereocenters. The molecule has 0 atom stereocenters. The third-order valence-electron chi connectivity index (χ3n) is 2.90. The van der Waals surface area contributed by atoms with E-state index in [0.29, 0.717) is 5.41 Å². The zero-order valence-corrected chi connectivity index (χ0v) is 11.6. The van der Waals surface area contributed by atoms with Gasteiger partial charge >= 0.3 is 0 Å². The normalized spacial score (nSPS) is 13.4. The molecule has 1 heteroatoms. The maximum absolute atomic E-state index is 4.60. The van der Waals surface area contributed by atoms with Crippen LogP contribution in [0.3, 0.4) is 0 Å². The fraction of sp³-hybridized carbons (Fsp3) is 0.667. The molecule has 0 bridgehead atoms. The first-order valence-electron chi connectivity index (χ1n) is 6.37. The molecule has 0 radical (unpaired) electrons. The molecule has 0 saturated carbocycles. The average molecular weight is 221 g/mol. The second-order valence-corrected chi connectivity index (χ2v) is 5.03. The van der Waals surface area contributed by atoms with E-state index in [1.54, 1.807) is 0 Å². The van der Waals surface area contributed by atoms with E-state index in [2.05, 4.69) is 52.3 Å². The number of allylic oxidation sites excluding steroid dienone is 2. The predicted molar refractivity (Wildman–Crippen MR) is 75.0 cm³/mol. The van der Waals surface area contributed by atoms with Crippen molar-refractivity contribution in [2.75, 3.05) is 0 Å². The van der Waals surface area contributed by atoms with E-state index in [0.717, 1.165) is 25.0 Å². The monoisotopic (exact) mass is 221 g/mol. The van der Waals surface area contributed by atoms with Crippen LogP contribution in [0.15, 0.2) is 29.4 Å². The quantitative estimate of drug-likeness (QED) is 0.417. The van der Waals surface area contributed by atoms with Crippen LogP contribution in [-0.4, -0.2) is 5.71 Å². The standard InChI is InChI=1S/C15H27N/c1-7-10-11-13(4)16-14(8-2)12-15(5,6)9-3/h10-11H,4,7-9,12H2,1-3,5-6H3/b11-10-,16-14?. The molecule has 0 saturated heterocycles. The first kappa shape index (κ1) is 15.2. The maximum atomic E-state index is 4.60. The van der Waals surface area contributed by atoms with Crippen molar-refractivity contribution >= 4 is 5.71 Å². The molecule has 16 heavy (non-hydrogen) atoms. The van der Waals surface area contributed by atoms with Gasteiger partial charge in [0.25, 0.3) is 0 Å². The lowest BCUT2D eigenvalue weighted by Crippen LogP contribution is -2.15. The Morgan fingerprint density at radius 3 is 2.31 bits per heavy atom. The van der Waals surface area contributed by atoms with Crippen molar-refractivity contribution in [2.24, 2.45) is 10.4 Å². The summed E-state index contributed by atoms with van der Waals surface area (Å²) in [4.78, 5) is 4.60. The van der Waals surface area contributed by atoms with Gasteiger partial charge < -0.3 is 0 Å². The maximum Gasteiger partial charge on any atom is 0.0554 e. The molecule has 92 valence electrons. The van der Waals surface area contributed by atoms with Gasteiger partial charge in [0.15, 0.2) is 0 Å². The fourth-order valence-corrected chi connectivity index (χ4v) is 1.42. The van der Waals surface area contributed by atoms with Gasteiger partial charge in [-0.15, -0.1) is 0 Å². The van der Waals surface area contributed by atoms with Gasteiger partial charge in [-0.1, -0.05) is 53.7 Å². The molecule has 1 nitrogen and oxygen atoms in total. The van der Waals surface area contributed by atoms with Crippen LogP contribution in [-0.2, 0) is 0 Å². The summed E-state index contributed by atoms with van der Waals surface area (Å²) in [5, 5.41) is 0. The molecule has 0 aliphatic carbocycles. The molecule has 0 N–H and O–H groups in total. The zero-order valence-electron chi connectivity index (χ0n) is 11.6. The highest BCUT2D eigenvalue weighted by Crippen LogP contribution is 2.26. The van der Waals surface area contributed by atoms with E-state index >= 15 is 0 Å². The summed E-state index contributed by atoms with van der Waals surface area (Å²) in [6.45, 7) is 15.1. The smallest absolute Gasteiger partial charge is 0.0554 e. The van der Waals surface area contributed by atoms with Crippen LogP contribution >= 0.6 is 0 Å². The predicted octanol–water partition coefficient (Wildman–Crippen LogP) is 5.14. The van der Waals surface area contributed by atoms with E-state index < -0.39 is 0 Å². The molecule has 0 aliphatic heterocycles. The minimum absolute atomic E-state index is 0.351. The van der Waals surface area contributed by atoms with Crippen molar-refractivity contribution in [3.8, 4) is 0 Å². The lowest BCUT2D eigenvalue weighted by Gasteiger charge is -2.23. The van der Waals surface area contributed by atoms with Crippen molar-refractivity contribution < 1.29 is 0 Å². The first-order valence-corrected chi connectivity index (χ1v) is 6.37. The van der Waals surface area contributed by atoms with Crippen molar-refractivity contribution in [1.82, 2.24) is 0 Å². The van der Waals surface area contributed by atoms with E-state index in [9.17, 15) is 0 Å². The summed E-state index contributed by atoms with van der Waals surface area (Å²) in [5.41, 5.74) is 2.49. The highest BCUT2D eigenvalue weighted by Gasteiger charge is 2.17. The third-order valence-corrected chi connectivity index (χ3v) is 2.90. The van der Waals surface area contributed by atoms with Crippen LogP contribution < -0.4 is 0 Å². The van der Waals surface area contributed by atoms with Gasteiger partial charge in [-0.05, 0) is 30.8 Å². The Bertz CT molecular complexity index is 269. The Morgan fingerprint density at radius 2 is 1.88 bits per heavy atom. The van der Waals surface area contributed by atoms with Gasteiger partial charge in [0.2, 0.25) is 0 Å². The number of hydrogen-bond acceptors (Lipinski definition) is 1. The Balaban J connectivity index is 4.54. The van der Waals surface area contributed by atoms with Gasteiger partial charge in [0.1, 0.15) is 0 Å². The van der Waals surface area contributed by atoms with Gasteiger partial charge in [0, 0.05) is 5.71 Å². The Morgan fingerprint density at radius 1 is 1.25 bits per heavy atom. The van der Waals surface area contributed by atoms with Crippen LogP contribution in [0.2, 0.25) is 0 Å². The summed E-state index contributed by atoms with van der Waals surface area (Å²) in [6, 6.07) is 0. The van der Waals surface area contributed by atoms with Gasteiger partial charge in [-0.3, -0.25) is 4.99 Å². The van der Waals surface area contributed by atoms with E-state index in [1.807, 2.05) is 6.08 Å². The molecule has 0 rings (SSSR count). The largest absolute Gasteiger partial charge is 0.258 e. The van der Waals surface area contributed by atoms with Crippen LogP contribution in [0.5, 0.6) is 0 Å². The second kappa shape index (κ2) is 7.43. The van der Waals surface area contributed by atoms with Gasteiger partial charge in [-0.25, -0.2) is 0 Å². The molecule has 0 heterocycles. The molecule has 0 aliphatic rings. The highest BCUT2D eigenvalue weighted by molar-refractivity contribution is 5.85. The molecular formula is C15H27N. The second-order valence-electron chi connectivity index (χ2n) is 5.03. The Kier molecular flexibility index (Phi) is 7.03. The third kappa shape index (κ3) is 6.60. The number of aliphatic imine (C=N–C) groups is 1. The molecule has 0 spiro atoms. The Labute approximate surface area is 101 Å². The van der Waals surface area contributed by atoms with Gasteiger partial charge in [0.05, 0.1) is 5.70 Å². The lowest BCUT2D eigenvalue weighted by molar-refractivity contribution is 0.366. The first-order chi connectivity index (χ1) is 7.45. The topological polar surface area (TPSA) is 12.4 Å². The lowest BCUT2D eigenvalue weighted by atomic mass is 9.84. The summed E-state index contributed by atoms with van der Waals surface area (Å²) in [5.74, 6) is 0. The minimum Gasteiger partial charge on any atom is -0.258 e. The number of rotatable bonds is 7. The van der Waals surface area contributed by atoms with Crippen molar-refractivity contribution in [3.63, 3.8) is 0 Å². The summed E-state index contributed by atoms with van der Waals surface area (Å²) in [7, 11) is 0. The van der Waals surface area contributed by atoms with Crippen LogP contribution in [0.4, 0.5) is 0 Å². The summed E-state index contributed by atoms with van der Waals surface area (Å²) in [6.07, 6.45) is 8.42.